The monoisotopic (exact) mass is 532 g/mol. The SMILES string of the molecule is O=C(NCCCN1CCCC1=O)C1=CC(c2coc3ccccc3c2=O)CC(OCc2ccc(CO)cc2)O1. The maximum absolute atomic E-state index is 13.3. The van der Waals surface area contributed by atoms with Gasteiger partial charge in [0.25, 0.3) is 5.91 Å². The van der Waals surface area contributed by atoms with E-state index in [4.69, 9.17) is 13.9 Å². The van der Waals surface area contributed by atoms with Crippen LogP contribution in [-0.2, 0) is 32.3 Å². The van der Waals surface area contributed by atoms with E-state index < -0.39 is 18.1 Å². The summed E-state index contributed by atoms with van der Waals surface area (Å²) in [6, 6.07) is 14.4. The molecule has 0 saturated carbocycles. The van der Waals surface area contributed by atoms with Gasteiger partial charge in [-0.15, -0.1) is 0 Å². The molecule has 0 radical (unpaired) electrons. The molecule has 2 aromatic carbocycles. The molecule has 0 aliphatic carbocycles. The largest absolute Gasteiger partial charge is 0.464 e. The highest BCUT2D eigenvalue weighted by Gasteiger charge is 2.31. The number of aliphatic hydroxyl groups is 1. The van der Waals surface area contributed by atoms with Crippen LogP contribution in [-0.4, -0.2) is 47.7 Å². The maximum atomic E-state index is 13.3. The molecule has 2 amide bonds. The summed E-state index contributed by atoms with van der Waals surface area (Å²) < 4.78 is 17.7. The van der Waals surface area contributed by atoms with Gasteiger partial charge in [0.2, 0.25) is 12.2 Å². The Balaban J connectivity index is 1.30. The topological polar surface area (TPSA) is 118 Å². The van der Waals surface area contributed by atoms with Crippen molar-refractivity contribution >= 4 is 22.8 Å². The van der Waals surface area contributed by atoms with Gasteiger partial charge in [0.15, 0.2) is 11.2 Å². The number of ether oxygens (including phenoxy) is 2. The molecule has 0 bridgehead atoms. The number of benzene rings is 2. The summed E-state index contributed by atoms with van der Waals surface area (Å²) in [5.74, 6) is -0.623. The number of amides is 2. The van der Waals surface area contributed by atoms with Crippen molar-refractivity contribution in [2.24, 2.45) is 0 Å². The van der Waals surface area contributed by atoms with Crippen LogP contribution in [0.25, 0.3) is 11.0 Å². The number of likely N-dealkylation sites (tertiary alicyclic amines) is 1. The van der Waals surface area contributed by atoms with Crippen LogP contribution in [0, 0.1) is 0 Å². The molecule has 5 rings (SSSR count). The molecule has 9 nitrogen and oxygen atoms in total. The Hall–Kier alpha value is -3.95. The van der Waals surface area contributed by atoms with Gasteiger partial charge < -0.3 is 29.2 Å². The molecular weight excluding hydrogens is 500 g/mol. The summed E-state index contributed by atoms with van der Waals surface area (Å²) in [6.07, 6.45) is 4.75. The predicted molar refractivity (Wildman–Crippen MR) is 143 cm³/mol. The lowest BCUT2D eigenvalue weighted by atomic mass is 9.93. The van der Waals surface area contributed by atoms with Crippen molar-refractivity contribution in [2.45, 2.75) is 51.1 Å². The first-order valence-electron chi connectivity index (χ1n) is 13.3. The molecule has 3 aromatic rings. The summed E-state index contributed by atoms with van der Waals surface area (Å²) in [5.41, 5.74) is 2.45. The number of hydrogen-bond acceptors (Lipinski definition) is 7. The number of allylic oxidation sites excluding steroid dienone is 1. The first-order chi connectivity index (χ1) is 19.0. The fraction of sp³-hybridized carbons (Fsp3) is 0.367. The van der Waals surface area contributed by atoms with Gasteiger partial charge in [-0.3, -0.25) is 14.4 Å². The van der Waals surface area contributed by atoms with Gasteiger partial charge in [-0.05, 0) is 42.2 Å². The number of carbonyl (C=O) groups is 2. The minimum atomic E-state index is -0.772. The summed E-state index contributed by atoms with van der Waals surface area (Å²) in [4.78, 5) is 40.0. The van der Waals surface area contributed by atoms with E-state index in [1.165, 1.54) is 6.26 Å². The zero-order chi connectivity index (χ0) is 27.2. The Morgan fingerprint density at radius 3 is 2.67 bits per heavy atom. The molecule has 1 saturated heterocycles. The third kappa shape index (κ3) is 6.38. The second-order valence-electron chi connectivity index (χ2n) is 9.82. The molecule has 204 valence electrons. The fourth-order valence-electron chi connectivity index (χ4n) is 4.91. The van der Waals surface area contributed by atoms with Crippen molar-refractivity contribution in [3.05, 3.63) is 93.5 Å². The van der Waals surface area contributed by atoms with E-state index in [9.17, 15) is 19.5 Å². The van der Waals surface area contributed by atoms with Crippen molar-refractivity contribution in [1.29, 1.82) is 0 Å². The molecule has 2 unspecified atom stereocenters. The van der Waals surface area contributed by atoms with Gasteiger partial charge in [0, 0.05) is 44.0 Å². The lowest BCUT2D eigenvalue weighted by Crippen LogP contribution is -2.35. The second-order valence-corrected chi connectivity index (χ2v) is 9.82. The smallest absolute Gasteiger partial charge is 0.286 e. The molecule has 1 fully saturated rings. The second kappa shape index (κ2) is 12.3. The summed E-state index contributed by atoms with van der Waals surface area (Å²) in [5, 5.41) is 12.6. The van der Waals surface area contributed by atoms with Gasteiger partial charge >= 0.3 is 0 Å². The first kappa shape index (κ1) is 26.6. The van der Waals surface area contributed by atoms with Crippen LogP contribution in [0.2, 0.25) is 0 Å². The summed E-state index contributed by atoms with van der Waals surface area (Å²) in [6.45, 7) is 1.93. The lowest BCUT2D eigenvalue weighted by molar-refractivity contribution is -0.150. The average Bonchev–Trinajstić information content (AvgIpc) is 3.38. The van der Waals surface area contributed by atoms with Crippen molar-refractivity contribution in [1.82, 2.24) is 10.2 Å². The molecule has 3 heterocycles. The Morgan fingerprint density at radius 1 is 1.10 bits per heavy atom. The van der Waals surface area contributed by atoms with Crippen molar-refractivity contribution in [3.63, 3.8) is 0 Å². The number of aliphatic hydroxyl groups excluding tert-OH is 1. The Morgan fingerprint density at radius 2 is 1.90 bits per heavy atom. The molecule has 2 aliphatic heterocycles. The van der Waals surface area contributed by atoms with Crippen LogP contribution in [0.3, 0.4) is 0 Å². The average molecular weight is 533 g/mol. The van der Waals surface area contributed by atoms with E-state index in [0.29, 0.717) is 48.9 Å². The zero-order valence-electron chi connectivity index (χ0n) is 21.6. The molecule has 2 N–H and O–H groups in total. The van der Waals surface area contributed by atoms with Crippen LogP contribution in [0.4, 0.5) is 0 Å². The summed E-state index contributed by atoms with van der Waals surface area (Å²) in [7, 11) is 0. The van der Waals surface area contributed by atoms with Crippen molar-refractivity contribution in [3.8, 4) is 0 Å². The van der Waals surface area contributed by atoms with Gasteiger partial charge in [0.1, 0.15) is 5.58 Å². The van der Waals surface area contributed by atoms with E-state index in [2.05, 4.69) is 5.32 Å². The van der Waals surface area contributed by atoms with Crippen LogP contribution >= 0.6 is 0 Å². The van der Waals surface area contributed by atoms with Gasteiger partial charge in [0.05, 0.1) is 24.9 Å². The minimum absolute atomic E-state index is 0.0412. The molecular formula is C30H32N2O7. The third-order valence-electron chi connectivity index (χ3n) is 7.09. The van der Waals surface area contributed by atoms with Crippen molar-refractivity contribution < 1.29 is 28.6 Å². The number of rotatable bonds is 10. The van der Waals surface area contributed by atoms with Crippen molar-refractivity contribution in [2.75, 3.05) is 19.6 Å². The van der Waals surface area contributed by atoms with Crippen LogP contribution < -0.4 is 10.7 Å². The maximum Gasteiger partial charge on any atom is 0.286 e. The number of nitrogens with zero attached hydrogens (tertiary/aromatic N) is 1. The molecule has 2 aliphatic rings. The highest BCUT2D eigenvalue weighted by Crippen LogP contribution is 2.31. The van der Waals surface area contributed by atoms with Gasteiger partial charge in [-0.2, -0.15) is 0 Å². The summed E-state index contributed by atoms with van der Waals surface area (Å²) >= 11 is 0. The molecule has 1 aromatic heterocycles. The third-order valence-corrected chi connectivity index (χ3v) is 7.09. The Kier molecular flexibility index (Phi) is 8.39. The Bertz CT molecular complexity index is 1410. The zero-order valence-corrected chi connectivity index (χ0v) is 21.6. The quantitative estimate of drug-likeness (QED) is 0.385. The van der Waals surface area contributed by atoms with E-state index in [1.807, 2.05) is 29.2 Å². The van der Waals surface area contributed by atoms with Crippen LogP contribution in [0.15, 0.2) is 75.8 Å². The molecule has 9 heteroatoms. The van der Waals surface area contributed by atoms with Crippen LogP contribution in [0.1, 0.15) is 48.3 Å². The Labute approximate surface area is 226 Å². The highest BCUT2D eigenvalue weighted by atomic mass is 16.7. The molecule has 0 spiro atoms. The minimum Gasteiger partial charge on any atom is -0.464 e. The highest BCUT2D eigenvalue weighted by molar-refractivity contribution is 5.91. The molecule has 39 heavy (non-hydrogen) atoms. The number of para-hydroxylation sites is 1. The van der Waals surface area contributed by atoms with E-state index >= 15 is 0 Å². The standard InChI is InChI=1S/C30H32N2O7/c33-17-20-8-10-21(11-9-20)18-38-28-16-22(24-19-37-25-6-2-1-5-23(25)29(24)35)15-26(39-28)30(36)31-12-4-14-32-13-3-7-27(32)34/h1-2,5-6,8-11,15,19,22,28,33H,3-4,7,12-14,16-18H2,(H,31,36). The van der Waals surface area contributed by atoms with Gasteiger partial charge in [-0.1, -0.05) is 36.4 Å². The van der Waals surface area contributed by atoms with Gasteiger partial charge in [-0.25, -0.2) is 0 Å². The first-order valence-corrected chi connectivity index (χ1v) is 13.3. The van der Waals surface area contributed by atoms with E-state index in [1.54, 1.807) is 30.3 Å². The number of carbonyl (C=O) groups excluding carboxylic acids is 2. The predicted octanol–water partition coefficient (Wildman–Crippen LogP) is 3.34. The fourth-order valence-corrected chi connectivity index (χ4v) is 4.91. The number of fused-ring (bicyclic) bond motifs is 1. The van der Waals surface area contributed by atoms with E-state index in [-0.39, 0.29) is 30.3 Å². The van der Waals surface area contributed by atoms with E-state index in [0.717, 1.165) is 24.1 Å². The normalized spacial score (nSPS) is 19.2. The number of nitrogens with one attached hydrogen (secondary N) is 1. The van der Waals surface area contributed by atoms with Crippen LogP contribution in [0.5, 0.6) is 0 Å². The lowest BCUT2D eigenvalue weighted by Gasteiger charge is -2.29. The number of hydrogen-bond donors (Lipinski definition) is 2. The molecule has 2 atom stereocenters.